The summed E-state index contributed by atoms with van der Waals surface area (Å²) in [6.45, 7) is 2.52. The lowest BCUT2D eigenvalue weighted by molar-refractivity contribution is -0.121. The standard InChI is InChI=1S/C18H17BrN2O3/c1-2-24-15-9-5-13(6-10-15)20-16-11-17(22)21(18(16)23)14-7-3-12(19)4-8-14/h3-10,16,20H,2,11H2,1H3/t16-/m1/s1. The van der Waals surface area contributed by atoms with Crippen LogP contribution in [-0.2, 0) is 9.59 Å². The van der Waals surface area contributed by atoms with Crippen LogP contribution in [-0.4, -0.2) is 24.5 Å². The predicted molar refractivity (Wildman–Crippen MR) is 96.3 cm³/mol. The van der Waals surface area contributed by atoms with Crippen molar-refractivity contribution in [2.24, 2.45) is 0 Å². The highest BCUT2D eigenvalue weighted by Gasteiger charge is 2.39. The number of nitrogens with one attached hydrogen (secondary N) is 1. The number of ether oxygens (including phenoxy) is 1. The summed E-state index contributed by atoms with van der Waals surface area (Å²) in [5, 5.41) is 3.12. The number of carbonyl (C=O) groups is 2. The van der Waals surface area contributed by atoms with E-state index in [0.29, 0.717) is 12.3 Å². The van der Waals surface area contributed by atoms with Gasteiger partial charge in [-0.05, 0) is 55.5 Å². The van der Waals surface area contributed by atoms with Gasteiger partial charge in [0, 0.05) is 10.2 Å². The second-order valence-electron chi connectivity index (χ2n) is 5.40. The number of amides is 2. The largest absolute Gasteiger partial charge is 0.494 e. The number of carbonyl (C=O) groups excluding carboxylic acids is 2. The van der Waals surface area contributed by atoms with Crippen molar-refractivity contribution in [2.45, 2.75) is 19.4 Å². The van der Waals surface area contributed by atoms with Crippen molar-refractivity contribution in [1.82, 2.24) is 0 Å². The van der Waals surface area contributed by atoms with E-state index in [0.717, 1.165) is 15.9 Å². The minimum absolute atomic E-state index is 0.141. The van der Waals surface area contributed by atoms with Gasteiger partial charge in [-0.15, -0.1) is 0 Å². The second-order valence-corrected chi connectivity index (χ2v) is 6.32. The second kappa shape index (κ2) is 7.05. The fourth-order valence-corrected chi connectivity index (χ4v) is 2.89. The average Bonchev–Trinajstić information content (AvgIpc) is 2.85. The minimum Gasteiger partial charge on any atom is -0.494 e. The lowest BCUT2D eigenvalue weighted by atomic mass is 10.2. The van der Waals surface area contributed by atoms with Crippen LogP contribution >= 0.6 is 15.9 Å². The molecule has 1 aliphatic heterocycles. The fraction of sp³-hybridized carbons (Fsp3) is 0.222. The highest BCUT2D eigenvalue weighted by Crippen LogP contribution is 2.26. The van der Waals surface area contributed by atoms with Gasteiger partial charge < -0.3 is 10.1 Å². The molecule has 5 nitrogen and oxygen atoms in total. The average molecular weight is 389 g/mol. The molecular formula is C18H17BrN2O3. The molecule has 0 aliphatic carbocycles. The van der Waals surface area contributed by atoms with Crippen LogP contribution in [0.2, 0.25) is 0 Å². The molecular weight excluding hydrogens is 372 g/mol. The van der Waals surface area contributed by atoms with Crippen molar-refractivity contribution in [2.75, 3.05) is 16.8 Å². The maximum absolute atomic E-state index is 12.6. The summed E-state index contributed by atoms with van der Waals surface area (Å²) in [5.74, 6) is 0.329. The van der Waals surface area contributed by atoms with E-state index in [1.807, 2.05) is 43.3 Å². The van der Waals surface area contributed by atoms with Crippen molar-refractivity contribution in [3.63, 3.8) is 0 Å². The number of anilines is 2. The molecule has 24 heavy (non-hydrogen) atoms. The van der Waals surface area contributed by atoms with Gasteiger partial charge in [-0.3, -0.25) is 9.59 Å². The normalized spacial score (nSPS) is 17.2. The van der Waals surface area contributed by atoms with E-state index in [1.165, 1.54) is 4.90 Å². The summed E-state index contributed by atoms with van der Waals surface area (Å²) >= 11 is 3.35. The molecule has 0 aromatic heterocycles. The van der Waals surface area contributed by atoms with Crippen LogP contribution < -0.4 is 15.0 Å². The van der Waals surface area contributed by atoms with Crippen molar-refractivity contribution in [1.29, 1.82) is 0 Å². The molecule has 0 spiro atoms. The van der Waals surface area contributed by atoms with Gasteiger partial charge in [0.15, 0.2) is 0 Å². The van der Waals surface area contributed by atoms with E-state index in [9.17, 15) is 9.59 Å². The van der Waals surface area contributed by atoms with Gasteiger partial charge in [0.05, 0.1) is 18.7 Å². The van der Waals surface area contributed by atoms with E-state index >= 15 is 0 Å². The molecule has 3 rings (SSSR count). The molecule has 1 N–H and O–H groups in total. The summed E-state index contributed by atoms with van der Waals surface area (Å²) in [6, 6.07) is 13.9. The first-order valence-corrected chi connectivity index (χ1v) is 8.49. The number of imide groups is 1. The lowest BCUT2D eigenvalue weighted by Gasteiger charge is -2.16. The van der Waals surface area contributed by atoms with Crippen LogP contribution in [0, 0.1) is 0 Å². The molecule has 1 heterocycles. The van der Waals surface area contributed by atoms with Gasteiger partial charge in [0.2, 0.25) is 5.91 Å². The van der Waals surface area contributed by atoms with Crippen LogP contribution in [0.15, 0.2) is 53.0 Å². The Hall–Kier alpha value is -2.34. The smallest absolute Gasteiger partial charge is 0.256 e. The predicted octanol–water partition coefficient (Wildman–Crippen LogP) is 3.59. The fourth-order valence-electron chi connectivity index (χ4n) is 2.62. The first-order chi connectivity index (χ1) is 11.6. The summed E-state index contributed by atoms with van der Waals surface area (Å²) in [7, 11) is 0. The minimum atomic E-state index is -0.556. The Morgan fingerprint density at radius 1 is 1.12 bits per heavy atom. The third kappa shape index (κ3) is 3.43. The molecule has 0 radical (unpaired) electrons. The Balaban J connectivity index is 1.72. The molecule has 0 bridgehead atoms. The van der Waals surface area contributed by atoms with Gasteiger partial charge in [-0.1, -0.05) is 15.9 Å². The number of halogens is 1. The van der Waals surface area contributed by atoms with Crippen molar-refractivity contribution in [3.8, 4) is 5.75 Å². The molecule has 2 aromatic rings. The van der Waals surface area contributed by atoms with E-state index in [4.69, 9.17) is 4.74 Å². The van der Waals surface area contributed by atoms with Crippen molar-refractivity contribution in [3.05, 3.63) is 53.0 Å². The van der Waals surface area contributed by atoms with Gasteiger partial charge in [0.1, 0.15) is 11.8 Å². The van der Waals surface area contributed by atoms with Crippen LogP contribution in [0.3, 0.4) is 0 Å². The molecule has 124 valence electrons. The maximum Gasteiger partial charge on any atom is 0.256 e. The van der Waals surface area contributed by atoms with E-state index in [1.54, 1.807) is 12.1 Å². The summed E-state index contributed by atoms with van der Waals surface area (Å²) < 4.78 is 6.29. The lowest BCUT2D eigenvalue weighted by Crippen LogP contribution is -2.34. The SMILES string of the molecule is CCOc1ccc(N[C@@H]2CC(=O)N(c3ccc(Br)cc3)C2=O)cc1. The Morgan fingerprint density at radius 3 is 2.42 bits per heavy atom. The van der Waals surface area contributed by atoms with Crippen LogP contribution in [0.25, 0.3) is 0 Å². The zero-order valence-corrected chi connectivity index (χ0v) is 14.7. The first kappa shape index (κ1) is 16.5. The quantitative estimate of drug-likeness (QED) is 0.795. The molecule has 1 atom stereocenters. The van der Waals surface area contributed by atoms with Gasteiger partial charge in [-0.25, -0.2) is 4.90 Å². The van der Waals surface area contributed by atoms with Crippen LogP contribution in [0.5, 0.6) is 5.75 Å². The molecule has 2 aromatic carbocycles. The number of hydrogen-bond acceptors (Lipinski definition) is 4. The van der Waals surface area contributed by atoms with E-state index < -0.39 is 6.04 Å². The Bertz CT molecular complexity index is 744. The van der Waals surface area contributed by atoms with Crippen LogP contribution in [0.1, 0.15) is 13.3 Å². The van der Waals surface area contributed by atoms with Crippen LogP contribution in [0.4, 0.5) is 11.4 Å². The highest BCUT2D eigenvalue weighted by molar-refractivity contribution is 9.10. The Labute approximate surface area is 148 Å². The van der Waals surface area contributed by atoms with Gasteiger partial charge >= 0.3 is 0 Å². The highest BCUT2D eigenvalue weighted by atomic mass is 79.9. The molecule has 0 saturated carbocycles. The third-order valence-electron chi connectivity index (χ3n) is 3.74. The Morgan fingerprint density at radius 2 is 1.79 bits per heavy atom. The maximum atomic E-state index is 12.6. The molecule has 6 heteroatoms. The number of rotatable bonds is 5. The monoisotopic (exact) mass is 388 g/mol. The molecule has 1 aliphatic rings. The molecule has 1 saturated heterocycles. The number of hydrogen-bond donors (Lipinski definition) is 1. The number of nitrogens with zero attached hydrogens (tertiary/aromatic N) is 1. The topological polar surface area (TPSA) is 58.6 Å². The molecule has 1 fully saturated rings. The van der Waals surface area contributed by atoms with Gasteiger partial charge in [0.25, 0.3) is 5.91 Å². The molecule has 0 unspecified atom stereocenters. The Kier molecular flexibility index (Phi) is 4.85. The summed E-state index contributed by atoms with van der Waals surface area (Å²) in [4.78, 5) is 26.1. The van der Waals surface area contributed by atoms with E-state index in [2.05, 4.69) is 21.2 Å². The summed E-state index contributed by atoms with van der Waals surface area (Å²) in [6.07, 6.45) is 0.141. The summed E-state index contributed by atoms with van der Waals surface area (Å²) in [5.41, 5.74) is 1.37. The third-order valence-corrected chi connectivity index (χ3v) is 4.27. The first-order valence-electron chi connectivity index (χ1n) is 7.70. The number of benzene rings is 2. The van der Waals surface area contributed by atoms with E-state index in [-0.39, 0.29) is 18.2 Å². The zero-order chi connectivity index (χ0) is 17.1. The van der Waals surface area contributed by atoms with Crippen molar-refractivity contribution < 1.29 is 14.3 Å². The van der Waals surface area contributed by atoms with Crippen molar-refractivity contribution >= 4 is 39.1 Å². The van der Waals surface area contributed by atoms with Gasteiger partial charge in [-0.2, -0.15) is 0 Å². The zero-order valence-electron chi connectivity index (χ0n) is 13.2. The molecule has 2 amide bonds.